The van der Waals surface area contributed by atoms with Crippen LogP contribution in [0, 0.1) is 12.8 Å². The first-order valence-electron chi connectivity index (χ1n) is 9.57. The molecule has 1 aromatic rings. The fraction of sp³-hybridized carbons (Fsp3) is 0.667. The van der Waals surface area contributed by atoms with Gasteiger partial charge in [0.05, 0.1) is 11.7 Å². The number of halogens is 3. The summed E-state index contributed by atoms with van der Waals surface area (Å²) in [6.07, 6.45) is -4.46. The van der Waals surface area contributed by atoms with Gasteiger partial charge in [-0.3, -0.25) is 9.59 Å². The van der Waals surface area contributed by atoms with Crippen LogP contribution in [0.25, 0.3) is 0 Å². The first-order valence-corrected chi connectivity index (χ1v) is 9.57. The minimum absolute atomic E-state index is 0.0839. The topological polar surface area (TPSA) is 99.7 Å². The first kappa shape index (κ1) is 22.1. The number of carbonyl (C=O) groups is 2. The number of aromatic nitrogens is 2. The Balaban J connectivity index is 1.59. The van der Waals surface area contributed by atoms with Crippen LogP contribution in [0.3, 0.4) is 0 Å². The molecule has 2 N–H and O–H groups in total. The van der Waals surface area contributed by atoms with Gasteiger partial charge in [0, 0.05) is 20.1 Å². The first-order chi connectivity index (χ1) is 14.0. The summed E-state index contributed by atoms with van der Waals surface area (Å²) in [5.41, 5.74) is 1.18. The third-order valence-corrected chi connectivity index (χ3v) is 5.03. The lowest BCUT2D eigenvalue weighted by Crippen LogP contribution is -2.58. The molecule has 9 nitrogen and oxygen atoms in total. The minimum Gasteiger partial charge on any atom is -0.362 e. The van der Waals surface area contributed by atoms with Crippen molar-refractivity contribution in [3.63, 3.8) is 0 Å². The number of rotatable bonds is 6. The average molecular weight is 430 g/mol. The third-order valence-electron chi connectivity index (χ3n) is 5.03. The molecule has 0 radical (unpaired) electrons. The molecule has 1 saturated heterocycles. The average Bonchev–Trinajstić information content (AvgIpc) is 2.57. The molecular weight excluding hydrogens is 405 g/mol. The number of hydrogen-bond donors (Lipinski definition) is 2. The molecule has 1 atom stereocenters. The van der Waals surface area contributed by atoms with E-state index in [0.717, 1.165) is 0 Å². The normalized spacial score (nSPS) is 19.5. The van der Waals surface area contributed by atoms with Crippen molar-refractivity contribution in [3.05, 3.63) is 5.69 Å². The summed E-state index contributed by atoms with van der Waals surface area (Å²) in [5.74, 6) is 0.453. The molecular formula is C18H25F3N6O3. The Kier molecular flexibility index (Phi) is 6.06. The van der Waals surface area contributed by atoms with Crippen LogP contribution in [0.4, 0.5) is 30.6 Å². The number of hydrogen-bond acceptors (Lipinski definition) is 7. The molecule has 30 heavy (non-hydrogen) atoms. The van der Waals surface area contributed by atoms with E-state index in [4.69, 9.17) is 0 Å². The predicted molar refractivity (Wildman–Crippen MR) is 103 cm³/mol. The highest BCUT2D eigenvalue weighted by molar-refractivity contribution is 6.03. The Labute approximate surface area is 172 Å². The lowest BCUT2D eigenvalue weighted by molar-refractivity contribution is -0.178. The predicted octanol–water partition coefficient (Wildman–Crippen LogP) is 1.40. The van der Waals surface area contributed by atoms with Crippen LogP contribution in [-0.4, -0.2) is 78.3 Å². The number of ether oxygens (including phenoxy) is 1. The highest BCUT2D eigenvalue weighted by Crippen LogP contribution is 2.34. The summed E-state index contributed by atoms with van der Waals surface area (Å²) < 4.78 is 40.6. The van der Waals surface area contributed by atoms with E-state index in [-0.39, 0.29) is 23.9 Å². The molecule has 3 rings (SSSR count). The Bertz CT molecular complexity index is 826. The van der Waals surface area contributed by atoms with Crippen molar-refractivity contribution in [2.75, 3.05) is 48.9 Å². The van der Waals surface area contributed by atoms with Crippen molar-refractivity contribution in [3.8, 4) is 0 Å². The molecule has 3 heterocycles. The largest absolute Gasteiger partial charge is 0.411 e. The molecule has 12 heteroatoms. The van der Waals surface area contributed by atoms with Crippen molar-refractivity contribution < 1.29 is 27.5 Å². The fourth-order valence-corrected chi connectivity index (χ4v) is 3.58. The number of nitrogens with one attached hydrogen (secondary N) is 2. The number of alkyl halides is 3. The van der Waals surface area contributed by atoms with E-state index in [1.165, 1.54) is 4.90 Å². The second kappa shape index (κ2) is 8.25. The molecule has 0 aromatic carbocycles. The Hall–Kier alpha value is -2.63. The molecule has 0 spiro atoms. The van der Waals surface area contributed by atoms with E-state index >= 15 is 0 Å². The van der Waals surface area contributed by atoms with Gasteiger partial charge in [0.1, 0.15) is 24.9 Å². The van der Waals surface area contributed by atoms with Crippen molar-refractivity contribution in [1.82, 2.24) is 14.9 Å². The number of likely N-dealkylation sites (tertiary alicyclic amines) is 1. The van der Waals surface area contributed by atoms with Crippen molar-refractivity contribution in [2.45, 2.75) is 39.0 Å². The van der Waals surface area contributed by atoms with E-state index < -0.39 is 25.3 Å². The Morgan fingerprint density at radius 2 is 2.00 bits per heavy atom. The third kappa shape index (κ3) is 4.74. The van der Waals surface area contributed by atoms with Crippen molar-refractivity contribution in [2.24, 2.45) is 5.92 Å². The second-order valence-electron chi connectivity index (χ2n) is 7.87. The summed E-state index contributed by atoms with van der Waals surface area (Å²) in [7, 11) is 1.81. The lowest BCUT2D eigenvalue weighted by Gasteiger charge is -2.40. The highest BCUT2D eigenvalue weighted by atomic mass is 19.4. The van der Waals surface area contributed by atoms with Gasteiger partial charge in [0.25, 0.3) is 0 Å². The van der Waals surface area contributed by atoms with Gasteiger partial charge >= 0.3 is 6.18 Å². The Morgan fingerprint density at radius 1 is 1.33 bits per heavy atom. The molecule has 2 amide bonds. The van der Waals surface area contributed by atoms with E-state index in [2.05, 4.69) is 25.3 Å². The monoisotopic (exact) mass is 430 g/mol. The van der Waals surface area contributed by atoms with Crippen LogP contribution < -0.4 is 15.5 Å². The smallest absolute Gasteiger partial charge is 0.362 e. The standard InChI is InChI=1S/C18H25F3N6O3/c1-9(2)14-16(29)24-13-10(3)22-17(25-15(13)26(14)4)23-11-5-27(6-11)12(28)7-30-8-18(19,20)21/h9,11,14H,5-8H2,1-4H3,(H,24,29)(H,22,23,25). The number of aryl methyl sites for hydroxylation is 1. The summed E-state index contributed by atoms with van der Waals surface area (Å²) in [5, 5.41) is 6.00. The van der Waals surface area contributed by atoms with E-state index in [1.807, 2.05) is 25.8 Å². The van der Waals surface area contributed by atoms with Gasteiger partial charge in [-0.25, -0.2) is 4.98 Å². The van der Waals surface area contributed by atoms with Crippen LogP contribution in [-0.2, 0) is 14.3 Å². The van der Waals surface area contributed by atoms with Gasteiger partial charge in [0.2, 0.25) is 17.8 Å². The summed E-state index contributed by atoms with van der Waals surface area (Å²) in [4.78, 5) is 36.4. The van der Waals surface area contributed by atoms with E-state index in [1.54, 1.807) is 6.92 Å². The van der Waals surface area contributed by atoms with Crippen LogP contribution in [0.2, 0.25) is 0 Å². The number of anilines is 3. The highest BCUT2D eigenvalue weighted by Gasteiger charge is 2.36. The van der Waals surface area contributed by atoms with Crippen LogP contribution >= 0.6 is 0 Å². The van der Waals surface area contributed by atoms with Gasteiger partial charge in [-0.05, 0) is 12.8 Å². The van der Waals surface area contributed by atoms with Crippen molar-refractivity contribution >= 4 is 29.3 Å². The van der Waals surface area contributed by atoms with Gasteiger partial charge in [-0.15, -0.1) is 0 Å². The van der Waals surface area contributed by atoms with Gasteiger partial charge in [0.15, 0.2) is 5.82 Å². The molecule has 2 aliphatic rings. The van der Waals surface area contributed by atoms with Gasteiger partial charge < -0.3 is 25.2 Å². The number of carbonyl (C=O) groups excluding carboxylic acids is 2. The summed E-state index contributed by atoms with van der Waals surface area (Å²) >= 11 is 0. The van der Waals surface area contributed by atoms with Crippen LogP contribution in [0.1, 0.15) is 19.5 Å². The maximum atomic E-state index is 12.4. The zero-order valence-electron chi connectivity index (χ0n) is 17.2. The minimum atomic E-state index is -4.46. The zero-order chi connectivity index (χ0) is 22.2. The van der Waals surface area contributed by atoms with E-state index in [9.17, 15) is 22.8 Å². The molecule has 1 fully saturated rings. The fourth-order valence-electron chi connectivity index (χ4n) is 3.58. The van der Waals surface area contributed by atoms with E-state index in [0.29, 0.717) is 36.2 Å². The maximum absolute atomic E-state index is 12.4. The maximum Gasteiger partial charge on any atom is 0.411 e. The second-order valence-corrected chi connectivity index (χ2v) is 7.87. The Morgan fingerprint density at radius 3 is 2.60 bits per heavy atom. The van der Waals surface area contributed by atoms with Crippen molar-refractivity contribution in [1.29, 1.82) is 0 Å². The summed E-state index contributed by atoms with van der Waals surface area (Å²) in [6, 6.07) is -0.480. The quantitative estimate of drug-likeness (QED) is 0.704. The number of likely N-dealkylation sites (N-methyl/N-ethyl adjacent to an activating group) is 1. The zero-order valence-corrected chi connectivity index (χ0v) is 17.2. The molecule has 0 aliphatic carbocycles. The number of amides is 2. The molecule has 2 aliphatic heterocycles. The van der Waals surface area contributed by atoms with Gasteiger partial charge in [-0.2, -0.15) is 18.2 Å². The molecule has 1 aromatic heterocycles. The van der Waals surface area contributed by atoms with Gasteiger partial charge in [-0.1, -0.05) is 13.8 Å². The van der Waals surface area contributed by atoms with Crippen LogP contribution in [0.5, 0.6) is 0 Å². The molecule has 1 unspecified atom stereocenters. The van der Waals surface area contributed by atoms with Crippen LogP contribution in [0.15, 0.2) is 0 Å². The molecule has 0 bridgehead atoms. The SMILES string of the molecule is Cc1nc(NC2CN(C(=O)COCC(F)(F)F)C2)nc2c1NC(=O)C(C(C)C)N2C. The number of nitrogens with zero attached hydrogens (tertiary/aromatic N) is 4. The molecule has 166 valence electrons. The lowest BCUT2D eigenvalue weighted by atomic mass is 9.99. The number of fused-ring (bicyclic) bond motifs is 1. The summed E-state index contributed by atoms with van der Waals surface area (Å²) in [6.45, 7) is 4.25. The molecule has 0 saturated carbocycles.